The lowest BCUT2D eigenvalue weighted by molar-refractivity contribution is -0.174. The van der Waals surface area contributed by atoms with Gasteiger partial charge in [0, 0.05) is 6.42 Å². The number of thiophene rings is 1. The van der Waals surface area contributed by atoms with Crippen LogP contribution in [-0.2, 0) is 9.63 Å². The second kappa shape index (κ2) is 6.11. The SMILES string of the molecule is O=C(O/N=C1/C[C@@H](NC(=O)C(F)(F)F)c2ccsc21)c1ccco1. The van der Waals surface area contributed by atoms with Crippen molar-refractivity contribution in [3.05, 3.63) is 46.0 Å². The fraction of sp³-hybridized carbons (Fsp3) is 0.214. The number of fused-ring (bicyclic) bond motifs is 1. The molecule has 24 heavy (non-hydrogen) atoms. The van der Waals surface area contributed by atoms with Crippen LogP contribution in [0.1, 0.15) is 33.5 Å². The van der Waals surface area contributed by atoms with Crippen molar-refractivity contribution in [3.8, 4) is 0 Å². The van der Waals surface area contributed by atoms with Crippen LogP contribution in [0, 0.1) is 0 Å². The van der Waals surface area contributed by atoms with Crippen LogP contribution < -0.4 is 5.32 Å². The molecule has 1 atom stereocenters. The highest BCUT2D eigenvalue weighted by Crippen LogP contribution is 2.36. The normalized spacial score (nSPS) is 18.5. The van der Waals surface area contributed by atoms with Gasteiger partial charge in [-0.3, -0.25) is 4.79 Å². The Kier molecular flexibility index (Phi) is 4.14. The molecule has 1 N–H and O–H groups in total. The third kappa shape index (κ3) is 3.18. The first-order chi connectivity index (χ1) is 11.4. The Hall–Kier alpha value is -2.62. The second-order valence-corrected chi connectivity index (χ2v) is 5.74. The monoisotopic (exact) mass is 358 g/mol. The Balaban J connectivity index is 1.74. The molecule has 0 radical (unpaired) electrons. The zero-order valence-electron chi connectivity index (χ0n) is 11.8. The molecule has 2 heterocycles. The molecule has 0 saturated heterocycles. The van der Waals surface area contributed by atoms with Crippen molar-refractivity contribution in [3.63, 3.8) is 0 Å². The molecule has 0 unspecified atom stereocenters. The van der Waals surface area contributed by atoms with Crippen LogP contribution in [0.2, 0.25) is 0 Å². The highest BCUT2D eigenvalue weighted by molar-refractivity contribution is 7.12. The molecule has 0 aromatic carbocycles. The molecule has 2 aromatic heterocycles. The minimum absolute atomic E-state index is 0.00470. The van der Waals surface area contributed by atoms with Crippen LogP contribution in [0.25, 0.3) is 0 Å². The maximum Gasteiger partial charge on any atom is 0.471 e. The van der Waals surface area contributed by atoms with Gasteiger partial charge in [0.1, 0.15) is 5.71 Å². The van der Waals surface area contributed by atoms with E-state index in [9.17, 15) is 22.8 Å². The van der Waals surface area contributed by atoms with E-state index in [1.807, 2.05) is 5.32 Å². The van der Waals surface area contributed by atoms with E-state index in [1.54, 1.807) is 11.4 Å². The number of furan rings is 1. The summed E-state index contributed by atoms with van der Waals surface area (Å²) in [4.78, 5) is 28.1. The number of amides is 1. The van der Waals surface area contributed by atoms with Gasteiger partial charge in [0.05, 0.1) is 17.2 Å². The summed E-state index contributed by atoms with van der Waals surface area (Å²) in [5.41, 5.74) is 0.790. The van der Waals surface area contributed by atoms with Crippen LogP contribution in [-0.4, -0.2) is 23.8 Å². The Bertz CT molecular complexity index is 795. The lowest BCUT2D eigenvalue weighted by Crippen LogP contribution is -2.38. The first-order valence-corrected chi connectivity index (χ1v) is 7.51. The second-order valence-electron chi connectivity index (χ2n) is 4.83. The molecular weight excluding hydrogens is 349 g/mol. The highest BCUT2D eigenvalue weighted by atomic mass is 32.1. The molecule has 10 heteroatoms. The summed E-state index contributed by atoms with van der Waals surface area (Å²) in [6.45, 7) is 0. The molecule has 0 spiro atoms. The van der Waals surface area contributed by atoms with Crippen LogP contribution >= 0.6 is 11.3 Å². The number of hydrogen-bond acceptors (Lipinski definition) is 6. The molecule has 1 aliphatic carbocycles. The summed E-state index contributed by atoms with van der Waals surface area (Å²) in [6.07, 6.45) is -3.68. The van der Waals surface area contributed by atoms with Gasteiger partial charge >= 0.3 is 18.1 Å². The van der Waals surface area contributed by atoms with E-state index in [1.165, 1.54) is 29.7 Å². The quantitative estimate of drug-likeness (QED) is 0.676. The molecule has 0 aliphatic heterocycles. The van der Waals surface area contributed by atoms with Crippen LogP contribution in [0.15, 0.2) is 39.4 Å². The molecule has 0 saturated carbocycles. The minimum atomic E-state index is -4.97. The van der Waals surface area contributed by atoms with Gasteiger partial charge in [-0.2, -0.15) is 13.2 Å². The van der Waals surface area contributed by atoms with Crippen LogP contribution in [0.4, 0.5) is 13.2 Å². The Morgan fingerprint density at radius 1 is 1.38 bits per heavy atom. The fourth-order valence-corrected chi connectivity index (χ4v) is 3.16. The van der Waals surface area contributed by atoms with Gasteiger partial charge in [0.25, 0.3) is 0 Å². The minimum Gasteiger partial charge on any atom is -0.457 e. The van der Waals surface area contributed by atoms with Gasteiger partial charge in [0.2, 0.25) is 5.76 Å². The number of oxime groups is 1. The smallest absolute Gasteiger partial charge is 0.457 e. The van der Waals surface area contributed by atoms with Gasteiger partial charge < -0.3 is 14.6 Å². The number of hydrogen-bond donors (Lipinski definition) is 1. The lowest BCUT2D eigenvalue weighted by atomic mass is 10.2. The molecule has 0 fully saturated rings. The standard InChI is InChI=1S/C14H9F3N2O4S/c15-14(16,17)13(21)18-8-6-9(11-7(8)3-5-24-11)19-23-12(20)10-2-1-4-22-10/h1-5,8H,6H2,(H,18,21)/b19-9-/t8-/m1/s1. The number of rotatable bonds is 3. The van der Waals surface area contributed by atoms with Crippen molar-refractivity contribution >= 4 is 28.9 Å². The van der Waals surface area contributed by atoms with Gasteiger partial charge in [0.15, 0.2) is 0 Å². The van der Waals surface area contributed by atoms with Crippen molar-refractivity contribution in [2.75, 3.05) is 0 Å². The van der Waals surface area contributed by atoms with Crippen LogP contribution in [0.3, 0.4) is 0 Å². The number of alkyl halides is 3. The van der Waals surface area contributed by atoms with Gasteiger partial charge in [-0.25, -0.2) is 4.79 Å². The summed E-state index contributed by atoms with van der Waals surface area (Å²) >= 11 is 1.23. The zero-order valence-corrected chi connectivity index (χ0v) is 12.6. The number of carbonyl (C=O) groups is 2. The predicted octanol–water partition coefficient (Wildman–Crippen LogP) is 3.03. The summed E-state index contributed by atoms with van der Waals surface area (Å²) in [6, 6.07) is 3.61. The van der Waals surface area contributed by atoms with E-state index >= 15 is 0 Å². The average Bonchev–Trinajstić information content (AvgIpc) is 3.23. The van der Waals surface area contributed by atoms with Crippen molar-refractivity contribution in [1.29, 1.82) is 0 Å². The topological polar surface area (TPSA) is 80.9 Å². The van der Waals surface area contributed by atoms with Crippen molar-refractivity contribution < 1.29 is 32.0 Å². The van der Waals surface area contributed by atoms with Gasteiger partial charge in [-0.05, 0) is 29.1 Å². The van der Waals surface area contributed by atoms with Gasteiger partial charge in [-0.15, -0.1) is 11.3 Å². The highest BCUT2D eigenvalue weighted by Gasteiger charge is 2.42. The molecule has 2 aromatic rings. The van der Waals surface area contributed by atoms with E-state index in [0.717, 1.165) is 0 Å². The summed E-state index contributed by atoms with van der Waals surface area (Å²) in [5.74, 6) is -2.91. The third-order valence-corrected chi connectivity index (χ3v) is 4.23. The van der Waals surface area contributed by atoms with E-state index in [0.29, 0.717) is 10.4 Å². The Morgan fingerprint density at radius 3 is 2.83 bits per heavy atom. The summed E-state index contributed by atoms with van der Waals surface area (Å²) in [5, 5.41) is 7.26. The molecule has 3 rings (SSSR count). The maximum atomic E-state index is 12.4. The fourth-order valence-electron chi connectivity index (χ4n) is 2.21. The largest absolute Gasteiger partial charge is 0.471 e. The van der Waals surface area contributed by atoms with Gasteiger partial charge in [-0.1, -0.05) is 5.16 Å². The van der Waals surface area contributed by atoms with E-state index in [-0.39, 0.29) is 17.9 Å². The van der Waals surface area contributed by atoms with Crippen molar-refractivity contribution in [2.24, 2.45) is 5.16 Å². The Labute approximate surface area is 136 Å². The zero-order chi connectivity index (χ0) is 17.3. The molecule has 1 aliphatic rings. The maximum absolute atomic E-state index is 12.4. The van der Waals surface area contributed by atoms with Crippen molar-refractivity contribution in [2.45, 2.75) is 18.6 Å². The van der Waals surface area contributed by atoms with Crippen molar-refractivity contribution in [1.82, 2.24) is 5.32 Å². The van der Waals surface area contributed by atoms with Crippen LogP contribution in [0.5, 0.6) is 0 Å². The Morgan fingerprint density at radius 2 is 2.17 bits per heavy atom. The molecule has 126 valence electrons. The van der Waals surface area contributed by atoms with E-state index in [2.05, 4.69) is 5.16 Å². The third-order valence-electron chi connectivity index (χ3n) is 3.25. The number of nitrogens with zero attached hydrogens (tertiary/aromatic N) is 1. The number of nitrogens with one attached hydrogen (secondary N) is 1. The van der Waals surface area contributed by atoms with E-state index < -0.39 is 24.1 Å². The number of carbonyl (C=O) groups excluding carboxylic acids is 2. The lowest BCUT2D eigenvalue weighted by Gasteiger charge is -2.13. The molecular formula is C14H9F3N2O4S. The molecule has 1 amide bonds. The predicted molar refractivity (Wildman–Crippen MR) is 76.5 cm³/mol. The summed E-state index contributed by atoms with van der Waals surface area (Å²) in [7, 11) is 0. The molecule has 6 nitrogen and oxygen atoms in total. The first kappa shape index (κ1) is 16.2. The first-order valence-electron chi connectivity index (χ1n) is 6.63. The average molecular weight is 358 g/mol. The number of halogens is 3. The summed E-state index contributed by atoms with van der Waals surface area (Å²) < 4.78 is 42.0. The van der Waals surface area contributed by atoms with E-state index in [4.69, 9.17) is 9.25 Å². The molecule has 0 bridgehead atoms.